The van der Waals surface area contributed by atoms with Crippen LogP contribution in [0.3, 0.4) is 0 Å². The lowest BCUT2D eigenvalue weighted by molar-refractivity contribution is -0.161. The van der Waals surface area contributed by atoms with Gasteiger partial charge in [0.1, 0.15) is 5.67 Å². The lowest BCUT2D eigenvalue weighted by Crippen LogP contribution is -2.48. The molecule has 0 amide bonds. The molecule has 0 N–H and O–H groups in total. The van der Waals surface area contributed by atoms with Crippen LogP contribution in [0.25, 0.3) is 0 Å². The van der Waals surface area contributed by atoms with Crippen molar-refractivity contribution in [3.63, 3.8) is 0 Å². The molecule has 0 heterocycles. The largest absolute Gasteiger partial charge is 0.372 e. The monoisotopic (exact) mass is 310 g/mol. The van der Waals surface area contributed by atoms with Crippen LogP contribution in [0.15, 0.2) is 0 Å². The van der Waals surface area contributed by atoms with E-state index in [1.807, 2.05) is 6.92 Å². The van der Waals surface area contributed by atoms with Gasteiger partial charge in [0.2, 0.25) is 0 Å². The highest BCUT2D eigenvalue weighted by molar-refractivity contribution is 5.05. The molecule has 2 bridgehead atoms. The second-order valence-electron chi connectivity index (χ2n) is 9.41. The predicted octanol–water partition coefficient (Wildman–Crippen LogP) is 5.91. The molecule has 128 valence electrons. The lowest BCUT2D eigenvalue weighted by atomic mass is 9.69. The van der Waals surface area contributed by atoms with Crippen LogP contribution in [0.5, 0.6) is 0 Å². The van der Waals surface area contributed by atoms with Crippen LogP contribution in [-0.4, -0.2) is 17.4 Å². The van der Waals surface area contributed by atoms with Gasteiger partial charge < -0.3 is 4.74 Å². The standard InChI is InChI=1S/C20H35FO/c1-6-14-11-19(5,13-20(21,7-2)12-14)22-17-10-15-8-9-16(17)18(15,3)4/h14-17H,6-13H2,1-5H3. The number of hydrogen-bond donors (Lipinski definition) is 0. The van der Waals surface area contributed by atoms with E-state index in [0.717, 1.165) is 25.2 Å². The number of fused-ring (bicyclic) bond motifs is 2. The summed E-state index contributed by atoms with van der Waals surface area (Å²) in [4.78, 5) is 0. The summed E-state index contributed by atoms with van der Waals surface area (Å²) < 4.78 is 21.9. The maximum absolute atomic E-state index is 15.2. The first-order valence-electron chi connectivity index (χ1n) is 9.58. The molecule has 3 rings (SSSR count). The van der Waals surface area contributed by atoms with E-state index in [0.29, 0.717) is 36.2 Å². The first-order valence-corrected chi connectivity index (χ1v) is 9.58. The van der Waals surface area contributed by atoms with Crippen LogP contribution >= 0.6 is 0 Å². The van der Waals surface area contributed by atoms with Crippen LogP contribution < -0.4 is 0 Å². The van der Waals surface area contributed by atoms with Crippen molar-refractivity contribution < 1.29 is 9.13 Å². The first kappa shape index (κ1) is 16.7. The summed E-state index contributed by atoms with van der Waals surface area (Å²) in [5.74, 6) is 1.99. The maximum atomic E-state index is 15.2. The van der Waals surface area contributed by atoms with Crippen LogP contribution in [0.4, 0.5) is 4.39 Å². The average molecular weight is 310 g/mol. The molecule has 2 heteroatoms. The molecule has 3 aliphatic carbocycles. The second-order valence-corrected chi connectivity index (χ2v) is 9.41. The smallest absolute Gasteiger partial charge is 0.113 e. The number of halogens is 1. The average Bonchev–Trinajstić information content (AvgIpc) is 2.85. The summed E-state index contributed by atoms with van der Waals surface area (Å²) in [6, 6.07) is 0. The Kier molecular flexibility index (Phi) is 4.16. The Labute approximate surface area is 136 Å². The Balaban J connectivity index is 1.73. The second kappa shape index (κ2) is 5.46. The van der Waals surface area contributed by atoms with Gasteiger partial charge in [-0.15, -0.1) is 0 Å². The Morgan fingerprint density at radius 1 is 1.09 bits per heavy atom. The summed E-state index contributed by atoms with van der Waals surface area (Å²) in [5.41, 5.74) is -0.840. The molecule has 0 aromatic heterocycles. The summed E-state index contributed by atoms with van der Waals surface area (Å²) in [5, 5.41) is 0. The van der Waals surface area contributed by atoms with E-state index in [1.54, 1.807) is 0 Å². The molecule has 3 saturated carbocycles. The summed E-state index contributed by atoms with van der Waals surface area (Å²) in [6.45, 7) is 11.2. The van der Waals surface area contributed by atoms with Crippen molar-refractivity contribution in [3.8, 4) is 0 Å². The third-order valence-electron chi connectivity index (χ3n) is 7.51. The fourth-order valence-electron chi connectivity index (χ4n) is 6.12. The summed E-state index contributed by atoms with van der Waals surface area (Å²) in [7, 11) is 0. The predicted molar refractivity (Wildman–Crippen MR) is 89.7 cm³/mol. The Bertz CT molecular complexity index is 420. The van der Waals surface area contributed by atoms with Crippen molar-refractivity contribution in [2.45, 2.75) is 103 Å². The van der Waals surface area contributed by atoms with Gasteiger partial charge in [0, 0.05) is 6.42 Å². The molecule has 0 aromatic rings. The lowest BCUT2D eigenvalue weighted by Gasteiger charge is -2.47. The zero-order valence-corrected chi connectivity index (χ0v) is 15.3. The molecular formula is C20H35FO. The fourth-order valence-corrected chi connectivity index (χ4v) is 6.12. The van der Waals surface area contributed by atoms with Gasteiger partial charge in [-0.1, -0.05) is 34.1 Å². The Hall–Kier alpha value is -0.110. The summed E-state index contributed by atoms with van der Waals surface area (Å²) >= 11 is 0. The molecule has 0 aromatic carbocycles. The van der Waals surface area contributed by atoms with E-state index in [2.05, 4.69) is 27.7 Å². The molecule has 1 nitrogen and oxygen atoms in total. The van der Waals surface area contributed by atoms with Crippen molar-refractivity contribution >= 4 is 0 Å². The zero-order chi connectivity index (χ0) is 16.2. The third-order valence-corrected chi connectivity index (χ3v) is 7.51. The molecule has 0 spiro atoms. The van der Waals surface area contributed by atoms with Crippen LogP contribution in [-0.2, 0) is 4.74 Å². The van der Waals surface area contributed by atoms with Crippen LogP contribution in [0.1, 0.15) is 86.0 Å². The maximum Gasteiger partial charge on any atom is 0.113 e. The SMILES string of the molecule is CCC1CC(F)(CC)CC(C)(OC2CC3CCC2C3(C)C)C1. The van der Waals surface area contributed by atoms with Gasteiger partial charge in [0.05, 0.1) is 11.7 Å². The molecule has 0 aliphatic heterocycles. The van der Waals surface area contributed by atoms with E-state index < -0.39 is 5.67 Å². The van der Waals surface area contributed by atoms with Crippen molar-refractivity contribution in [1.82, 2.24) is 0 Å². The number of rotatable bonds is 4. The van der Waals surface area contributed by atoms with E-state index >= 15 is 4.39 Å². The molecular weight excluding hydrogens is 275 g/mol. The minimum Gasteiger partial charge on any atom is -0.372 e. The highest BCUT2D eigenvalue weighted by Gasteiger charge is 2.56. The number of ether oxygens (including phenoxy) is 1. The van der Waals surface area contributed by atoms with Crippen molar-refractivity contribution in [3.05, 3.63) is 0 Å². The Morgan fingerprint density at radius 2 is 1.82 bits per heavy atom. The van der Waals surface area contributed by atoms with E-state index in [4.69, 9.17) is 4.74 Å². The van der Waals surface area contributed by atoms with Gasteiger partial charge in [-0.05, 0) is 68.6 Å². The third kappa shape index (κ3) is 2.74. The topological polar surface area (TPSA) is 9.23 Å². The van der Waals surface area contributed by atoms with Gasteiger partial charge >= 0.3 is 0 Å². The van der Waals surface area contributed by atoms with Crippen LogP contribution in [0, 0.1) is 23.2 Å². The quantitative estimate of drug-likeness (QED) is 0.626. The normalized spacial score (nSPS) is 50.5. The first-order chi connectivity index (χ1) is 10.2. The molecule has 0 saturated heterocycles. The van der Waals surface area contributed by atoms with E-state index in [-0.39, 0.29) is 5.60 Å². The molecule has 22 heavy (non-hydrogen) atoms. The number of alkyl halides is 1. The molecule has 0 radical (unpaired) electrons. The summed E-state index contributed by atoms with van der Waals surface area (Å²) in [6.07, 6.45) is 8.34. The minimum absolute atomic E-state index is 0.255. The van der Waals surface area contributed by atoms with Crippen molar-refractivity contribution in [2.24, 2.45) is 23.2 Å². The van der Waals surface area contributed by atoms with E-state index in [1.165, 1.54) is 19.3 Å². The van der Waals surface area contributed by atoms with Crippen molar-refractivity contribution in [1.29, 1.82) is 0 Å². The van der Waals surface area contributed by atoms with Gasteiger partial charge in [-0.2, -0.15) is 0 Å². The molecule has 6 atom stereocenters. The van der Waals surface area contributed by atoms with Gasteiger partial charge in [0.15, 0.2) is 0 Å². The highest BCUT2D eigenvalue weighted by atomic mass is 19.1. The van der Waals surface area contributed by atoms with Gasteiger partial charge in [-0.3, -0.25) is 0 Å². The molecule has 6 unspecified atom stereocenters. The van der Waals surface area contributed by atoms with Crippen molar-refractivity contribution in [2.75, 3.05) is 0 Å². The minimum atomic E-state index is -1.01. The molecule has 3 fully saturated rings. The Morgan fingerprint density at radius 3 is 2.32 bits per heavy atom. The van der Waals surface area contributed by atoms with E-state index in [9.17, 15) is 0 Å². The van der Waals surface area contributed by atoms with Gasteiger partial charge in [-0.25, -0.2) is 4.39 Å². The molecule has 3 aliphatic rings. The number of hydrogen-bond acceptors (Lipinski definition) is 1. The van der Waals surface area contributed by atoms with Gasteiger partial charge in [0.25, 0.3) is 0 Å². The highest BCUT2D eigenvalue weighted by Crippen LogP contribution is 2.60. The van der Waals surface area contributed by atoms with Crippen LogP contribution in [0.2, 0.25) is 0 Å². The zero-order valence-electron chi connectivity index (χ0n) is 15.3. The fraction of sp³-hybridized carbons (Fsp3) is 1.00.